The largest absolute Gasteiger partial charge is 0.352 e. The van der Waals surface area contributed by atoms with E-state index in [0.29, 0.717) is 11.4 Å². The standard InChI is InChI=1S/C16H23ClN2O2/c1-4-11(2)16(21)18-10-15(20)19-12(3)8-13-6-5-7-14(17)9-13/h5-7,9,11-12H,4,8,10H2,1-3H3,(H,18,21)(H,19,20). The molecule has 21 heavy (non-hydrogen) atoms. The third kappa shape index (κ3) is 6.63. The molecule has 5 heteroatoms. The van der Waals surface area contributed by atoms with Crippen LogP contribution in [0.25, 0.3) is 0 Å². The van der Waals surface area contributed by atoms with Gasteiger partial charge in [-0.3, -0.25) is 9.59 Å². The van der Waals surface area contributed by atoms with E-state index in [1.165, 1.54) is 0 Å². The Morgan fingerprint density at radius 1 is 1.29 bits per heavy atom. The monoisotopic (exact) mass is 310 g/mol. The molecule has 0 aromatic heterocycles. The fraction of sp³-hybridized carbons (Fsp3) is 0.500. The van der Waals surface area contributed by atoms with Crippen LogP contribution in [0, 0.1) is 5.92 Å². The van der Waals surface area contributed by atoms with Gasteiger partial charge in [-0.05, 0) is 37.5 Å². The molecule has 0 aliphatic rings. The maximum absolute atomic E-state index is 11.8. The second-order valence-corrected chi connectivity index (χ2v) is 5.77. The van der Waals surface area contributed by atoms with Gasteiger partial charge in [-0.1, -0.05) is 37.6 Å². The average molecular weight is 311 g/mol. The summed E-state index contributed by atoms with van der Waals surface area (Å²) in [5.74, 6) is -0.335. The second kappa shape index (κ2) is 8.67. The highest BCUT2D eigenvalue weighted by Gasteiger charge is 2.13. The Labute approximate surface area is 131 Å². The smallest absolute Gasteiger partial charge is 0.239 e. The van der Waals surface area contributed by atoms with Crippen LogP contribution in [-0.2, 0) is 16.0 Å². The Morgan fingerprint density at radius 3 is 2.62 bits per heavy atom. The van der Waals surface area contributed by atoms with Gasteiger partial charge in [-0.15, -0.1) is 0 Å². The van der Waals surface area contributed by atoms with E-state index in [1.807, 2.05) is 45.0 Å². The molecule has 2 unspecified atom stereocenters. The van der Waals surface area contributed by atoms with Crippen molar-refractivity contribution in [3.63, 3.8) is 0 Å². The van der Waals surface area contributed by atoms with Gasteiger partial charge in [-0.25, -0.2) is 0 Å². The van der Waals surface area contributed by atoms with Crippen LogP contribution < -0.4 is 10.6 Å². The van der Waals surface area contributed by atoms with Crippen LogP contribution in [0.4, 0.5) is 0 Å². The van der Waals surface area contributed by atoms with Crippen LogP contribution in [-0.4, -0.2) is 24.4 Å². The number of hydrogen-bond donors (Lipinski definition) is 2. The maximum atomic E-state index is 11.8. The number of benzene rings is 1. The van der Waals surface area contributed by atoms with Crippen molar-refractivity contribution in [1.29, 1.82) is 0 Å². The predicted molar refractivity (Wildman–Crippen MR) is 85.2 cm³/mol. The maximum Gasteiger partial charge on any atom is 0.239 e. The molecule has 0 aliphatic carbocycles. The fourth-order valence-electron chi connectivity index (χ4n) is 1.92. The number of rotatable bonds is 7. The van der Waals surface area contributed by atoms with Crippen molar-refractivity contribution in [3.8, 4) is 0 Å². The van der Waals surface area contributed by atoms with Gasteiger partial charge >= 0.3 is 0 Å². The third-order valence-electron chi connectivity index (χ3n) is 3.32. The molecule has 0 spiro atoms. The van der Waals surface area contributed by atoms with Crippen LogP contribution in [0.15, 0.2) is 24.3 Å². The van der Waals surface area contributed by atoms with Crippen molar-refractivity contribution >= 4 is 23.4 Å². The Kier molecular flexibility index (Phi) is 7.23. The Morgan fingerprint density at radius 2 is 2.00 bits per heavy atom. The van der Waals surface area contributed by atoms with Crippen molar-refractivity contribution < 1.29 is 9.59 Å². The van der Waals surface area contributed by atoms with E-state index in [0.717, 1.165) is 12.0 Å². The van der Waals surface area contributed by atoms with E-state index in [1.54, 1.807) is 0 Å². The highest BCUT2D eigenvalue weighted by molar-refractivity contribution is 6.30. The van der Waals surface area contributed by atoms with E-state index in [2.05, 4.69) is 10.6 Å². The van der Waals surface area contributed by atoms with Crippen LogP contribution in [0.3, 0.4) is 0 Å². The van der Waals surface area contributed by atoms with Crippen LogP contribution in [0.1, 0.15) is 32.8 Å². The molecular weight excluding hydrogens is 288 g/mol. The highest BCUT2D eigenvalue weighted by atomic mass is 35.5. The number of amides is 2. The van der Waals surface area contributed by atoms with Gasteiger partial charge in [0, 0.05) is 17.0 Å². The lowest BCUT2D eigenvalue weighted by molar-refractivity contribution is -0.128. The summed E-state index contributed by atoms with van der Waals surface area (Å²) >= 11 is 5.93. The Balaban J connectivity index is 2.35. The van der Waals surface area contributed by atoms with E-state index >= 15 is 0 Å². The predicted octanol–water partition coefficient (Wildman–Crippen LogP) is 2.55. The summed E-state index contributed by atoms with van der Waals surface area (Å²) in [6, 6.07) is 7.54. The molecule has 0 fully saturated rings. The van der Waals surface area contributed by atoms with Gasteiger partial charge < -0.3 is 10.6 Å². The van der Waals surface area contributed by atoms with Crippen molar-refractivity contribution in [3.05, 3.63) is 34.9 Å². The van der Waals surface area contributed by atoms with Gasteiger partial charge in [0.25, 0.3) is 0 Å². The van der Waals surface area contributed by atoms with Crippen LogP contribution in [0.2, 0.25) is 5.02 Å². The van der Waals surface area contributed by atoms with Crippen molar-refractivity contribution in [2.24, 2.45) is 5.92 Å². The normalized spacial score (nSPS) is 13.3. The molecule has 4 nitrogen and oxygen atoms in total. The number of nitrogens with one attached hydrogen (secondary N) is 2. The minimum absolute atomic E-state index is 0.0169. The summed E-state index contributed by atoms with van der Waals surface area (Å²) in [4.78, 5) is 23.4. The van der Waals surface area contributed by atoms with Crippen molar-refractivity contribution in [2.45, 2.75) is 39.7 Å². The molecule has 1 rings (SSSR count). The average Bonchev–Trinajstić information content (AvgIpc) is 2.43. The molecule has 1 aromatic carbocycles. The fourth-order valence-corrected chi connectivity index (χ4v) is 2.13. The first-order valence-corrected chi connectivity index (χ1v) is 7.61. The number of halogens is 1. The van der Waals surface area contributed by atoms with Gasteiger partial charge in [0.05, 0.1) is 6.54 Å². The second-order valence-electron chi connectivity index (χ2n) is 5.33. The highest BCUT2D eigenvalue weighted by Crippen LogP contribution is 2.12. The lowest BCUT2D eigenvalue weighted by Gasteiger charge is -2.15. The zero-order valence-corrected chi connectivity index (χ0v) is 13.5. The number of carbonyl (C=O) groups excluding carboxylic acids is 2. The molecule has 2 N–H and O–H groups in total. The number of carbonyl (C=O) groups is 2. The molecule has 0 aliphatic heterocycles. The van der Waals surface area contributed by atoms with Gasteiger partial charge in [0.15, 0.2) is 0 Å². The summed E-state index contributed by atoms with van der Waals surface area (Å²) in [6.07, 6.45) is 1.46. The molecule has 0 radical (unpaired) electrons. The SMILES string of the molecule is CCC(C)C(=O)NCC(=O)NC(C)Cc1cccc(Cl)c1. The van der Waals surface area contributed by atoms with Gasteiger partial charge in [0.2, 0.25) is 11.8 Å². The van der Waals surface area contributed by atoms with Gasteiger partial charge in [-0.2, -0.15) is 0 Å². The molecule has 1 aromatic rings. The summed E-state index contributed by atoms with van der Waals surface area (Å²) in [5, 5.41) is 6.19. The van der Waals surface area contributed by atoms with Crippen molar-refractivity contribution in [2.75, 3.05) is 6.54 Å². The summed E-state index contributed by atoms with van der Waals surface area (Å²) in [7, 11) is 0. The van der Waals surface area contributed by atoms with E-state index < -0.39 is 0 Å². The summed E-state index contributed by atoms with van der Waals surface area (Å²) in [5.41, 5.74) is 1.07. The molecule has 0 heterocycles. The van der Waals surface area contributed by atoms with Crippen LogP contribution in [0.5, 0.6) is 0 Å². The Bertz CT molecular complexity index is 491. The zero-order chi connectivity index (χ0) is 15.8. The zero-order valence-electron chi connectivity index (χ0n) is 12.8. The molecule has 0 bridgehead atoms. The molecule has 2 amide bonds. The molecule has 2 atom stereocenters. The minimum atomic E-state index is -0.179. The van der Waals surface area contributed by atoms with E-state index in [4.69, 9.17) is 11.6 Å². The van der Waals surface area contributed by atoms with Crippen molar-refractivity contribution in [1.82, 2.24) is 10.6 Å². The molecule has 0 saturated heterocycles. The molecule has 116 valence electrons. The first-order valence-electron chi connectivity index (χ1n) is 7.23. The summed E-state index contributed by atoms with van der Waals surface area (Å²) < 4.78 is 0. The Hall–Kier alpha value is -1.55. The van der Waals surface area contributed by atoms with E-state index in [9.17, 15) is 9.59 Å². The molecular formula is C16H23ClN2O2. The topological polar surface area (TPSA) is 58.2 Å². The molecule has 0 saturated carbocycles. The first-order chi connectivity index (χ1) is 9.92. The van der Waals surface area contributed by atoms with E-state index in [-0.39, 0.29) is 30.3 Å². The summed E-state index contributed by atoms with van der Waals surface area (Å²) in [6.45, 7) is 5.73. The minimum Gasteiger partial charge on any atom is -0.352 e. The first kappa shape index (κ1) is 17.5. The lowest BCUT2D eigenvalue weighted by atomic mass is 10.1. The third-order valence-corrected chi connectivity index (χ3v) is 3.56. The van der Waals surface area contributed by atoms with Gasteiger partial charge in [0.1, 0.15) is 0 Å². The number of hydrogen-bond acceptors (Lipinski definition) is 2. The lowest BCUT2D eigenvalue weighted by Crippen LogP contribution is -2.42. The quantitative estimate of drug-likeness (QED) is 0.813. The van der Waals surface area contributed by atoms with Crippen LogP contribution >= 0.6 is 11.6 Å².